The van der Waals surface area contributed by atoms with Gasteiger partial charge >= 0.3 is 0 Å². The van der Waals surface area contributed by atoms with Gasteiger partial charge in [0.25, 0.3) is 5.56 Å². The van der Waals surface area contributed by atoms with Gasteiger partial charge in [0.05, 0.1) is 23.6 Å². The van der Waals surface area contributed by atoms with Crippen LogP contribution in [0.2, 0.25) is 0 Å². The van der Waals surface area contributed by atoms with Gasteiger partial charge in [-0.05, 0) is 25.5 Å². The molecule has 0 atom stereocenters. The fourth-order valence-corrected chi connectivity index (χ4v) is 1.80. The lowest BCUT2D eigenvalue weighted by atomic mass is 10.2. The Hall–Kier alpha value is -2.04. The summed E-state index contributed by atoms with van der Waals surface area (Å²) < 4.78 is 3.37. The van der Waals surface area contributed by atoms with Crippen LogP contribution in [-0.2, 0) is 13.6 Å². The third-order valence-electron chi connectivity index (χ3n) is 2.80. The Balaban J connectivity index is 2.40. The van der Waals surface area contributed by atoms with E-state index in [2.05, 4.69) is 5.10 Å². The molecule has 2 aromatic rings. The predicted octanol–water partition coefficient (Wildman–Crippen LogP) is 0.829. The van der Waals surface area contributed by atoms with Gasteiger partial charge in [0.2, 0.25) is 0 Å². The maximum atomic E-state index is 11.8. The van der Waals surface area contributed by atoms with E-state index in [1.165, 1.54) is 0 Å². The lowest BCUT2D eigenvalue weighted by molar-refractivity contribution is 0.651. The molecule has 2 N–H and O–H groups in total. The number of pyridine rings is 1. The molecule has 0 radical (unpaired) electrons. The van der Waals surface area contributed by atoms with Crippen LogP contribution in [0.4, 0.5) is 5.69 Å². The molecule has 0 saturated carbocycles. The Morgan fingerprint density at radius 1 is 1.35 bits per heavy atom. The van der Waals surface area contributed by atoms with Crippen molar-refractivity contribution >= 4 is 5.69 Å². The maximum absolute atomic E-state index is 11.8. The van der Waals surface area contributed by atoms with Crippen molar-refractivity contribution in [2.45, 2.75) is 20.4 Å². The van der Waals surface area contributed by atoms with E-state index in [1.54, 1.807) is 21.5 Å². The molecule has 2 aromatic heterocycles. The monoisotopic (exact) mass is 232 g/mol. The van der Waals surface area contributed by atoms with Crippen molar-refractivity contribution in [1.82, 2.24) is 14.3 Å². The fourth-order valence-electron chi connectivity index (χ4n) is 1.80. The van der Waals surface area contributed by atoms with E-state index in [4.69, 9.17) is 5.73 Å². The number of nitrogen functional groups attached to an aromatic ring is 1. The first-order valence-electron chi connectivity index (χ1n) is 5.43. The fraction of sp³-hybridized carbons (Fsp3) is 0.333. The van der Waals surface area contributed by atoms with E-state index in [0.29, 0.717) is 12.2 Å². The van der Waals surface area contributed by atoms with E-state index in [1.807, 2.05) is 27.0 Å². The quantitative estimate of drug-likeness (QED) is 0.834. The number of hydrogen-bond acceptors (Lipinski definition) is 3. The van der Waals surface area contributed by atoms with Crippen LogP contribution < -0.4 is 11.3 Å². The van der Waals surface area contributed by atoms with Gasteiger partial charge in [0, 0.05) is 19.3 Å². The normalized spacial score (nSPS) is 10.8. The van der Waals surface area contributed by atoms with Crippen LogP contribution in [0.1, 0.15) is 17.0 Å². The number of nitrogens with zero attached hydrogens (tertiary/aromatic N) is 3. The van der Waals surface area contributed by atoms with Crippen molar-refractivity contribution < 1.29 is 0 Å². The molecule has 0 unspecified atom stereocenters. The molecule has 2 rings (SSSR count). The van der Waals surface area contributed by atoms with Gasteiger partial charge < -0.3 is 10.3 Å². The topological polar surface area (TPSA) is 65.8 Å². The lowest BCUT2D eigenvalue weighted by Gasteiger charge is -2.08. The minimum Gasteiger partial charge on any atom is -0.397 e. The summed E-state index contributed by atoms with van der Waals surface area (Å²) >= 11 is 0. The van der Waals surface area contributed by atoms with Crippen LogP contribution in [-0.4, -0.2) is 14.3 Å². The molecule has 0 bridgehead atoms. The summed E-state index contributed by atoms with van der Waals surface area (Å²) in [6.45, 7) is 4.24. The van der Waals surface area contributed by atoms with Gasteiger partial charge in [0.15, 0.2) is 0 Å². The van der Waals surface area contributed by atoms with Gasteiger partial charge in [-0.2, -0.15) is 5.10 Å². The summed E-state index contributed by atoms with van der Waals surface area (Å²) in [6.07, 6.45) is 1.68. The van der Waals surface area contributed by atoms with Gasteiger partial charge in [-0.15, -0.1) is 0 Å². The lowest BCUT2D eigenvalue weighted by Crippen LogP contribution is -2.21. The zero-order valence-corrected chi connectivity index (χ0v) is 10.3. The van der Waals surface area contributed by atoms with E-state index >= 15 is 0 Å². The molecule has 2 heterocycles. The molecule has 0 aliphatic heterocycles. The molecule has 0 amide bonds. The summed E-state index contributed by atoms with van der Waals surface area (Å²) in [5, 5.41) is 4.25. The maximum Gasteiger partial charge on any atom is 0.251 e. The first-order valence-corrected chi connectivity index (χ1v) is 5.43. The number of aromatic nitrogens is 3. The molecule has 5 nitrogen and oxygen atoms in total. The van der Waals surface area contributed by atoms with Gasteiger partial charge in [-0.25, -0.2) is 0 Å². The Kier molecular flexibility index (Phi) is 2.75. The van der Waals surface area contributed by atoms with Crippen molar-refractivity contribution in [2.24, 2.45) is 7.05 Å². The highest BCUT2D eigenvalue weighted by molar-refractivity contribution is 5.43. The summed E-state index contributed by atoms with van der Waals surface area (Å²) in [4.78, 5) is 11.8. The molecule has 0 aromatic carbocycles. The molecule has 0 fully saturated rings. The zero-order chi connectivity index (χ0) is 12.6. The highest BCUT2D eigenvalue weighted by Crippen LogP contribution is 2.08. The van der Waals surface area contributed by atoms with Crippen LogP contribution in [0.5, 0.6) is 0 Å². The first-order chi connectivity index (χ1) is 7.97. The van der Waals surface area contributed by atoms with E-state index < -0.39 is 0 Å². The number of nitrogens with two attached hydrogens (primary N) is 1. The number of rotatable bonds is 2. The van der Waals surface area contributed by atoms with Crippen molar-refractivity contribution in [1.29, 1.82) is 0 Å². The molecule has 0 aliphatic rings. The largest absolute Gasteiger partial charge is 0.397 e. The molecule has 90 valence electrons. The summed E-state index contributed by atoms with van der Waals surface area (Å²) in [7, 11) is 1.87. The molecular formula is C12H16N4O. The summed E-state index contributed by atoms with van der Waals surface area (Å²) in [5.74, 6) is 0. The summed E-state index contributed by atoms with van der Waals surface area (Å²) in [5.41, 5.74) is 9.12. The van der Waals surface area contributed by atoms with Crippen molar-refractivity contribution in [3.8, 4) is 0 Å². The first kappa shape index (κ1) is 11.4. The van der Waals surface area contributed by atoms with E-state index in [9.17, 15) is 4.79 Å². The molecule has 0 aliphatic carbocycles. The van der Waals surface area contributed by atoms with Crippen LogP contribution in [0.25, 0.3) is 0 Å². The molecule has 0 spiro atoms. The third kappa shape index (κ3) is 2.22. The number of aryl methyl sites for hydroxylation is 3. The van der Waals surface area contributed by atoms with Crippen LogP contribution in [0.3, 0.4) is 0 Å². The van der Waals surface area contributed by atoms with Crippen molar-refractivity contribution in [2.75, 3.05) is 5.73 Å². The minimum absolute atomic E-state index is 0.0458. The van der Waals surface area contributed by atoms with E-state index in [0.717, 1.165) is 17.0 Å². The Labute approximate surface area is 99.5 Å². The van der Waals surface area contributed by atoms with Gasteiger partial charge in [-0.3, -0.25) is 9.48 Å². The molecule has 5 heteroatoms. The Bertz CT molecular complexity index is 609. The van der Waals surface area contributed by atoms with Crippen molar-refractivity contribution in [3.63, 3.8) is 0 Å². The highest BCUT2D eigenvalue weighted by atomic mass is 16.1. The second-order valence-electron chi connectivity index (χ2n) is 4.28. The second kappa shape index (κ2) is 4.08. The average Bonchev–Trinajstić information content (AvgIpc) is 2.54. The smallest absolute Gasteiger partial charge is 0.251 e. The Morgan fingerprint density at radius 3 is 2.65 bits per heavy atom. The molecule has 0 saturated heterocycles. The van der Waals surface area contributed by atoms with E-state index in [-0.39, 0.29) is 5.56 Å². The van der Waals surface area contributed by atoms with Crippen LogP contribution in [0, 0.1) is 13.8 Å². The minimum atomic E-state index is -0.0458. The average molecular weight is 232 g/mol. The van der Waals surface area contributed by atoms with Gasteiger partial charge in [-0.1, -0.05) is 0 Å². The van der Waals surface area contributed by atoms with Crippen LogP contribution >= 0.6 is 0 Å². The molecular weight excluding hydrogens is 216 g/mol. The number of hydrogen-bond donors (Lipinski definition) is 1. The highest BCUT2D eigenvalue weighted by Gasteiger charge is 2.05. The summed E-state index contributed by atoms with van der Waals surface area (Å²) in [6, 6.07) is 3.51. The molecule has 17 heavy (non-hydrogen) atoms. The van der Waals surface area contributed by atoms with Crippen molar-refractivity contribution in [3.05, 3.63) is 45.6 Å². The Morgan fingerprint density at radius 2 is 2.06 bits per heavy atom. The van der Waals surface area contributed by atoms with Crippen LogP contribution in [0.15, 0.2) is 23.1 Å². The second-order valence-corrected chi connectivity index (χ2v) is 4.28. The van der Waals surface area contributed by atoms with Gasteiger partial charge in [0.1, 0.15) is 0 Å². The SMILES string of the molecule is Cc1cc(Cn2cc(N)c(C)cc2=O)n(C)n1. The zero-order valence-electron chi connectivity index (χ0n) is 10.3. The number of anilines is 1. The predicted molar refractivity (Wildman–Crippen MR) is 66.9 cm³/mol. The standard InChI is InChI=1S/C12H16N4O/c1-8-4-12(17)16(7-11(8)13)6-10-5-9(2)14-15(10)3/h4-5,7H,6,13H2,1-3H3. The third-order valence-corrected chi connectivity index (χ3v) is 2.80.